The Morgan fingerprint density at radius 2 is 1.71 bits per heavy atom. The highest BCUT2D eigenvalue weighted by atomic mass is 35.5. The Hall–Kier alpha value is -3.52. The zero-order valence-corrected chi connectivity index (χ0v) is 26.3. The molecule has 0 spiro atoms. The Balaban J connectivity index is 1.78. The van der Waals surface area contributed by atoms with Gasteiger partial charge in [0.25, 0.3) is 0 Å². The number of anilines is 1. The number of para-hydroxylation sites is 2. The van der Waals surface area contributed by atoms with Gasteiger partial charge in [-0.15, -0.1) is 0 Å². The fourth-order valence-corrected chi connectivity index (χ4v) is 6.01. The average Bonchev–Trinajstić information content (AvgIpc) is 3.32. The van der Waals surface area contributed by atoms with Crippen molar-refractivity contribution in [3.05, 3.63) is 98.8 Å². The van der Waals surface area contributed by atoms with Crippen LogP contribution in [-0.2, 0) is 11.2 Å². The first-order chi connectivity index (χ1) is 20.1. The Bertz CT molecular complexity index is 1620. The highest BCUT2D eigenvalue weighted by Crippen LogP contribution is 2.47. The molecule has 0 bridgehead atoms. The minimum Gasteiger partial charge on any atom is -0.494 e. The average molecular weight is 608 g/mol. The van der Waals surface area contributed by atoms with Gasteiger partial charge < -0.3 is 14.4 Å². The number of carbonyl (C=O) groups excluding carboxylic acids is 1. The fourth-order valence-electron chi connectivity index (χ4n) is 5.62. The summed E-state index contributed by atoms with van der Waals surface area (Å²) >= 11 is 13.0. The summed E-state index contributed by atoms with van der Waals surface area (Å²) in [5, 5.41) is 6.21. The van der Waals surface area contributed by atoms with E-state index in [1.54, 1.807) is 13.2 Å². The van der Waals surface area contributed by atoms with E-state index in [9.17, 15) is 4.79 Å². The van der Waals surface area contributed by atoms with Crippen molar-refractivity contribution in [1.29, 1.82) is 0 Å². The summed E-state index contributed by atoms with van der Waals surface area (Å²) in [7, 11) is 5.64. The molecule has 1 aliphatic heterocycles. The Morgan fingerprint density at radius 1 is 1.00 bits per heavy atom. The standard InChI is InChI=1S/C33H36Cl2N4O3/c1-20(2)32-31-25(36-39(32)26-9-7-8-10-28(26)41-6)19-30(40)38(33(31)24-13-11-22(34)17-21(24)3)27-18-23(35)12-14-29(27)42-16-15-37(4)5/h7-14,17-18,20,33H,15-16,19H2,1-6H3. The zero-order valence-electron chi connectivity index (χ0n) is 24.8. The third kappa shape index (κ3) is 5.74. The van der Waals surface area contributed by atoms with Gasteiger partial charge in [0.15, 0.2) is 0 Å². The van der Waals surface area contributed by atoms with E-state index in [1.165, 1.54) is 0 Å². The van der Waals surface area contributed by atoms with Crippen molar-refractivity contribution in [2.75, 3.05) is 39.3 Å². The fraction of sp³-hybridized carbons (Fsp3) is 0.333. The number of methoxy groups -OCH3 is 1. The van der Waals surface area contributed by atoms with Gasteiger partial charge in [-0.1, -0.05) is 55.2 Å². The second kappa shape index (κ2) is 12.4. The van der Waals surface area contributed by atoms with Gasteiger partial charge in [0.2, 0.25) is 5.91 Å². The van der Waals surface area contributed by atoms with Gasteiger partial charge in [-0.05, 0) is 80.5 Å². The maximum absolute atomic E-state index is 14.2. The van der Waals surface area contributed by atoms with Gasteiger partial charge in [-0.2, -0.15) is 5.10 Å². The van der Waals surface area contributed by atoms with E-state index in [0.717, 1.165) is 40.3 Å². The number of fused-ring (bicyclic) bond motifs is 1. The maximum atomic E-state index is 14.2. The first-order valence-corrected chi connectivity index (χ1v) is 14.8. The number of carbonyl (C=O) groups is 1. The molecule has 1 atom stereocenters. The highest BCUT2D eigenvalue weighted by Gasteiger charge is 2.42. The van der Waals surface area contributed by atoms with Crippen LogP contribution in [-0.4, -0.2) is 54.9 Å². The summed E-state index contributed by atoms with van der Waals surface area (Å²) in [6.07, 6.45) is 0.129. The molecule has 1 amide bonds. The van der Waals surface area contributed by atoms with Crippen LogP contribution in [0, 0.1) is 6.92 Å². The molecule has 3 aromatic carbocycles. The molecule has 0 saturated carbocycles. The molecule has 1 unspecified atom stereocenters. The molecule has 0 radical (unpaired) electrons. The van der Waals surface area contributed by atoms with E-state index in [2.05, 4.69) is 18.7 Å². The van der Waals surface area contributed by atoms with Gasteiger partial charge in [0, 0.05) is 22.2 Å². The summed E-state index contributed by atoms with van der Waals surface area (Å²) < 4.78 is 13.9. The van der Waals surface area contributed by atoms with Crippen molar-refractivity contribution < 1.29 is 14.3 Å². The van der Waals surface area contributed by atoms with E-state index >= 15 is 0 Å². The van der Waals surface area contributed by atoms with Gasteiger partial charge in [0.05, 0.1) is 36.6 Å². The molecule has 2 heterocycles. The van der Waals surface area contributed by atoms with Gasteiger partial charge in [-0.3, -0.25) is 9.69 Å². The van der Waals surface area contributed by atoms with Crippen LogP contribution in [0.3, 0.4) is 0 Å². The molecule has 7 nitrogen and oxygen atoms in total. The SMILES string of the molecule is COc1ccccc1-n1nc2c(c1C(C)C)C(c1ccc(Cl)cc1C)N(c1cc(Cl)ccc1OCCN(C)C)C(=O)C2. The van der Waals surface area contributed by atoms with E-state index in [-0.39, 0.29) is 18.2 Å². The number of amides is 1. The van der Waals surface area contributed by atoms with Crippen LogP contribution < -0.4 is 14.4 Å². The largest absolute Gasteiger partial charge is 0.494 e. The topological polar surface area (TPSA) is 59.8 Å². The molecule has 9 heteroatoms. The van der Waals surface area contributed by atoms with E-state index in [0.29, 0.717) is 33.8 Å². The van der Waals surface area contributed by atoms with Crippen LogP contribution >= 0.6 is 23.2 Å². The minimum atomic E-state index is -0.492. The molecule has 1 aliphatic rings. The van der Waals surface area contributed by atoms with Crippen LogP contribution in [0.4, 0.5) is 5.69 Å². The lowest BCUT2D eigenvalue weighted by atomic mass is 9.85. The highest BCUT2D eigenvalue weighted by molar-refractivity contribution is 6.31. The monoisotopic (exact) mass is 606 g/mol. The first-order valence-electron chi connectivity index (χ1n) is 14.0. The molecular formula is C33H36Cl2N4O3. The number of rotatable bonds is 9. The van der Waals surface area contributed by atoms with Crippen LogP contribution in [0.25, 0.3) is 5.69 Å². The lowest BCUT2D eigenvalue weighted by molar-refractivity contribution is -0.118. The minimum absolute atomic E-state index is 0.0755. The molecule has 4 aromatic rings. The lowest BCUT2D eigenvalue weighted by Crippen LogP contribution is -2.42. The summed E-state index contributed by atoms with van der Waals surface area (Å²) in [5.74, 6) is 1.28. The third-order valence-electron chi connectivity index (χ3n) is 7.52. The molecule has 1 aromatic heterocycles. The number of aromatic nitrogens is 2. The van der Waals surface area contributed by atoms with Gasteiger partial charge >= 0.3 is 0 Å². The van der Waals surface area contributed by atoms with E-state index in [4.69, 9.17) is 37.8 Å². The normalized spacial score (nSPS) is 15.0. The number of hydrogen-bond donors (Lipinski definition) is 0. The number of aryl methyl sites for hydroxylation is 1. The van der Waals surface area contributed by atoms with E-state index < -0.39 is 6.04 Å². The smallest absolute Gasteiger partial charge is 0.234 e. The number of halogens is 2. The quantitative estimate of drug-likeness (QED) is 0.201. The first kappa shape index (κ1) is 30.0. The van der Waals surface area contributed by atoms with Crippen LogP contribution in [0.5, 0.6) is 11.5 Å². The van der Waals surface area contributed by atoms with Crippen molar-refractivity contribution in [2.24, 2.45) is 0 Å². The van der Waals surface area contributed by atoms with Gasteiger partial charge in [0.1, 0.15) is 23.8 Å². The van der Waals surface area contributed by atoms with Crippen molar-refractivity contribution in [1.82, 2.24) is 14.7 Å². The predicted octanol–water partition coefficient (Wildman–Crippen LogP) is 7.24. The predicted molar refractivity (Wildman–Crippen MR) is 169 cm³/mol. The molecular weight excluding hydrogens is 571 g/mol. The number of nitrogens with zero attached hydrogens (tertiary/aromatic N) is 4. The summed E-state index contributed by atoms with van der Waals surface area (Å²) in [6, 6.07) is 18.5. The number of benzene rings is 3. The van der Waals surface area contributed by atoms with Crippen molar-refractivity contribution in [2.45, 2.75) is 39.2 Å². The third-order valence-corrected chi connectivity index (χ3v) is 7.99. The number of ether oxygens (including phenoxy) is 2. The second-order valence-electron chi connectivity index (χ2n) is 11.1. The summed E-state index contributed by atoms with van der Waals surface area (Å²) in [6.45, 7) is 7.49. The summed E-state index contributed by atoms with van der Waals surface area (Å²) in [4.78, 5) is 18.1. The number of hydrogen-bond acceptors (Lipinski definition) is 5. The summed E-state index contributed by atoms with van der Waals surface area (Å²) in [5.41, 5.74) is 6.09. The molecule has 0 fully saturated rings. The van der Waals surface area contributed by atoms with Crippen molar-refractivity contribution in [3.63, 3.8) is 0 Å². The van der Waals surface area contributed by atoms with Crippen LogP contribution in [0.1, 0.15) is 53.9 Å². The van der Waals surface area contributed by atoms with Crippen molar-refractivity contribution in [3.8, 4) is 17.2 Å². The Kier molecular flexibility index (Phi) is 8.83. The molecule has 5 rings (SSSR count). The van der Waals surface area contributed by atoms with E-state index in [1.807, 2.05) is 85.2 Å². The Morgan fingerprint density at radius 3 is 2.40 bits per heavy atom. The zero-order chi connectivity index (χ0) is 30.1. The van der Waals surface area contributed by atoms with Crippen LogP contribution in [0.2, 0.25) is 10.0 Å². The lowest BCUT2D eigenvalue weighted by Gasteiger charge is -2.38. The maximum Gasteiger partial charge on any atom is 0.234 e. The van der Waals surface area contributed by atoms with Crippen molar-refractivity contribution >= 4 is 34.8 Å². The number of likely N-dealkylation sites (N-methyl/N-ethyl adjacent to an activating group) is 1. The van der Waals surface area contributed by atoms with Crippen LogP contribution in [0.15, 0.2) is 60.7 Å². The molecule has 42 heavy (non-hydrogen) atoms. The molecule has 220 valence electrons. The second-order valence-corrected chi connectivity index (χ2v) is 12.0. The molecule has 0 N–H and O–H groups in total. The Labute approximate surface area is 257 Å². The molecule has 0 aliphatic carbocycles. The van der Waals surface area contributed by atoms with Gasteiger partial charge in [-0.25, -0.2) is 4.68 Å². The molecule has 0 saturated heterocycles.